The van der Waals surface area contributed by atoms with Crippen LogP contribution in [0.1, 0.15) is 19.4 Å². The first-order valence-electron chi connectivity index (χ1n) is 6.23. The van der Waals surface area contributed by atoms with Crippen LogP contribution in [0, 0.1) is 0 Å². The number of nitrogens with zero attached hydrogens (tertiary/aromatic N) is 1. The van der Waals surface area contributed by atoms with Gasteiger partial charge in [0, 0.05) is 30.0 Å². The highest BCUT2D eigenvalue weighted by atomic mass is 79.9. The molecule has 20 heavy (non-hydrogen) atoms. The van der Waals surface area contributed by atoms with E-state index in [0.717, 1.165) is 5.56 Å². The third kappa shape index (κ3) is 3.95. The summed E-state index contributed by atoms with van der Waals surface area (Å²) >= 11 is 9.08. The topological polar surface area (TPSA) is 46.6 Å². The third-order valence-electron chi connectivity index (χ3n) is 2.95. The predicted molar refractivity (Wildman–Crippen MR) is 84.6 cm³/mol. The minimum atomic E-state index is -3.59. The normalized spacial score (nSPS) is 13.7. The standard InChI is InChI=1S/C13H19BrClNO3S/c1-4-16(10(2)9-19-3)20(17,18)13-7-11(8-15)5-6-12(13)14/h5-7,10H,4,8-9H2,1-3H3. The van der Waals surface area contributed by atoms with Crippen molar-refractivity contribution in [3.8, 4) is 0 Å². The maximum atomic E-state index is 12.8. The van der Waals surface area contributed by atoms with Gasteiger partial charge in [-0.15, -0.1) is 11.6 Å². The Morgan fingerprint density at radius 3 is 2.60 bits per heavy atom. The number of alkyl halides is 1. The third-order valence-corrected chi connectivity index (χ3v) is 6.34. The lowest BCUT2D eigenvalue weighted by atomic mass is 10.2. The molecule has 0 aliphatic rings. The van der Waals surface area contributed by atoms with E-state index in [9.17, 15) is 8.42 Å². The van der Waals surface area contributed by atoms with Gasteiger partial charge in [0.1, 0.15) is 0 Å². The fraction of sp³-hybridized carbons (Fsp3) is 0.538. The molecule has 0 fully saturated rings. The Bertz CT molecular complexity index is 551. The Kier molecular flexibility index (Phi) is 6.94. The van der Waals surface area contributed by atoms with Gasteiger partial charge in [-0.1, -0.05) is 13.0 Å². The Labute approximate surface area is 134 Å². The van der Waals surface area contributed by atoms with E-state index in [-0.39, 0.29) is 16.8 Å². The van der Waals surface area contributed by atoms with Crippen LogP contribution in [-0.4, -0.2) is 39.0 Å². The molecule has 0 saturated heterocycles. The molecule has 1 aromatic carbocycles. The highest BCUT2D eigenvalue weighted by molar-refractivity contribution is 9.10. The van der Waals surface area contributed by atoms with Crippen LogP contribution in [0.25, 0.3) is 0 Å². The number of sulfonamides is 1. The molecule has 1 aromatic rings. The SMILES string of the molecule is CCN(C(C)COC)S(=O)(=O)c1cc(CCl)ccc1Br. The maximum Gasteiger partial charge on any atom is 0.244 e. The largest absolute Gasteiger partial charge is 0.383 e. The second-order valence-electron chi connectivity index (χ2n) is 4.41. The lowest BCUT2D eigenvalue weighted by molar-refractivity contribution is 0.142. The summed E-state index contributed by atoms with van der Waals surface area (Å²) in [6.07, 6.45) is 0. The molecule has 0 heterocycles. The van der Waals surface area contributed by atoms with Gasteiger partial charge < -0.3 is 4.74 Å². The van der Waals surface area contributed by atoms with Crippen LogP contribution in [-0.2, 0) is 20.6 Å². The molecule has 1 rings (SSSR count). The minimum absolute atomic E-state index is 0.235. The van der Waals surface area contributed by atoms with Crippen LogP contribution >= 0.6 is 27.5 Å². The summed E-state index contributed by atoms with van der Waals surface area (Å²) < 4.78 is 32.5. The lowest BCUT2D eigenvalue weighted by Gasteiger charge is -2.27. The molecule has 0 aliphatic heterocycles. The highest BCUT2D eigenvalue weighted by Crippen LogP contribution is 2.28. The van der Waals surface area contributed by atoms with Crippen molar-refractivity contribution in [1.29, 1.82) is 0 Å². The van der Waals surface area contributed by atoms with E-state index in [1.807, 2.05) is 13.8 Å². The molecule has 0 spiro atoms. The minimum Gasteiger partial charge on any atom is -0.383 e. The zero-order chi connectivity index (χ0) is 15.3. The molecule has 114 valence electrons. The zero-order valence-corrected chi connectivity index (χ0v) is 14.9. The molecule has 4 nitrogen and oxygen atoms in total. The van der Waals surface area contributed by atoms with Crippen LogP contribution < -0.4 is 0 Å². The second-order valence-corrected chi connectivity index (χ2v) is 7.39. The Morgan fingerprint density at radius 1 is 1.45 bits per heavy atom. The smallest absolute Gasteiger partial charge is 0.244 e. The Morgan fingerprint density at radius 2 is 2.10 bits per heavy atom. The second kappa shape index (κ2) is 7.75. The number of ether oxygens (including phenoxy) is 1. The van der Waals surface area contributed by atoms with E-state index in [1.54, 1.807) is 25.3 Å². The van der Waals surface area contributed by atoms with Gasteiger partial charge in [-0.05, 0) is 40.5 Å². The number of hydrogen-bond acceptors (Lipinski definition) is 3. The van der Waals surface area contributed by atoms with Crippen molar-refractivity contribution < 1.29 is 13.2 Å². The van der Waals surface area contributed by atoms with E-state index in [1.165, 1.54) is 4.31 Å². The predicted octanol–water partition coefficient (Wildman–Crippen LogP) is 3.23. The van der Waals surface area contributed by atoms with Crippen molar-refractivity contribution in [2.75, 3.05) is 20.3 Å². The van der Waals surface area contributed by atoms with Gasteiger partial charge in [-0.2, -0.15) is 4.31 Å². The average molecular weight is 385 g/mol. The van der Waals surface area contributed by atoms with Gasteiger partial charge in [0.15, 0.2) is 0 Å². The summed E-state index contributed by atoms with van der Waals surface area (Å²) in [4.78, 5) is 0.237. The number of likely N-dealkylation sites (N-methyl/N-ethyl adjacent to an activating group) is 1. The van der Waals surface area contributed by atoms with Crippen molar-refractivity contribution in [1.82, 2.24) is 4.31 Å². The van der Waals surface area contributed by atoms with Crippen molar-refractivity contribution in [2.45, 2.75) is 30.7 Å². The van der Waals surface area contributed by atoms with Crippen LogP contribution in [0.3, 0.4) is 0 Å². The van der Waals surface area contributed by atoms with Crippen molar-refractivity contribution in [3.63, 3.8) is 0 Å². The van der Waals surface area contributed by atoms with Gasteiger partial charge in [0.2, 0.25) is 10.0 Å². The van der Waals surface area contributed by atoms with Crippen LogP contribution in [0.5, 0.6) is 0 Å². The van der Waals surface area contributed by atoms with Crippen LogP contribution in [0.4, 0.5) is 0 Å². The Balaban J connectivity index is 3.26. The van der Waals surface area contributed by atoms with Gasteiger partial charge >= 0.3 is 0 Å². The van der Waals surface area contributed by atoms with Crippen LogP contribution in [0.15, 0.2) is 27.6 Å². The molecule has 0 amide bonds. The first kappa shape index (κ1) is 17.9. The average Bonchev–Trinajstić information content (AvgIpc) is 2.39. The van der Waals surface area contributed by atoms with E-state index < -0.39 is 10.0 Å². The van der Waals surface area contributed by atoms with Gasteiger partial charge in [0.25, 0.3) is 0 Å². The van der Waals surface area contributed by atoms with Gasteiger partial charge in [0.05, 0.1) is 11.5 Å². The molecule has 0 N–H and O–H groups in total. The fourth-order valence-electron chi connectivity index (χ4n) is 2.00. The van der Waals surface area contributed by atoms with Crippen molar-refractivity contribution in [2.24, 2.45) is 0 Å². The van der Waals surface area contributed by atoms with E-state index >= 15 is 0 Å². The lowest BCUT2D eigenvalue weighted by Crippen LogP contribution is -2.41. The number of rotatable bonds is 7. The van der Waals surface area contributed by atoms with Crippen LogP contribution in [0.2, 0.25) is 0 Å². The van der Waals surface area contributed by atoms with Gasteiger partial charge in [-0.3, -0.25) is 0 Å². The quantitative estimate of drug-likeness (QED) is 0.678. The first-order valence-corrected chi connectivity index (χ1v) is 9.00. The summed E-state index contributed by atoms with van der Waals surface area (Å²) in [6, 6.07) is 4.88. The van der Waals surface area contributed by atoms with E-state index in [0.29, 0.717) is 17.6 Å². The summed E-state index contributed by atoms with van der Waals surface area (Å²) in [5, 5.41) is 0. The van der Waals surface area contributed by atoms with Crippen molar-refractivity contribution in [3.05, 3.63) is 28.2 Å². The molecule has 0 saturated carbocycles. The molecule has 1 unspecified atom stereocenters. The van der Waals surface area contributed by atoms with E-state index in [4.69, 9.17) is 16.3 Å². The summed E-state index contributed by atoms with van der Waals surface area (Å²) in [6.45, 7) is 4.36. The maximum absolute atomic E-state index is 12.8. The molecular formula is C13H19BrClNO3S. The number of benzene rings is 1. The highest BCUT2D eigenvalue weighted by Gasteiger charge is 2.29. The number of methoxy groups -OCH3 is 1. The summed E-state index contributed by atoms with van der Waals surface area (Å²) in [5.41, 5.74) is 0.767. The molecule has 7 heteroatoms. The molecule has 0 aliphatic carbocycles. The molecule has 0 aromatic heterocycles. The van der Waals surface area contributed by atoms with Crippen molar-refractivity contribution >= 4 is 37.6 Å². The Hall–Kier alpha value is -0.140. The monoisotopic (exact) mass is 383 g/mol. The summed E-state index contributed by atoms with van der Waals surface area (Å²) in [5.74, 6) is 0.273. The molecule has 1 atom stereocenters. The number of hydrogen-bond donors (Lipinski definition) is 0. The molecule has 0 bridgehead atoms. The fourth-order valence-corrected chi connectivity index (χ4v) is 4.77. The first-order chi connectivity index (χ1) is 9.38. The molecular weight excluding hydrogens is 366 g/mol. The molecule has 0 radical (unpaired) electrons. The van der Waals surface area contributed by atoms with E-state index in [2.05, 4.69) is 15.9 Å². The zero-order valence-electron chi connectivity index (χ0n) is 11.8. The van der Waals surface area contributed by atoms with Gasteiger partial charge in [-0.25, -0.2) is 8.42 Å². The number of halogens is 2. The summed E-state index contributed by atoms with van der Waals surface area (Å²) in [7, 11) is -2.03.